The quantitative estimate of drug-likeness (QED) is 0.820. The van der Waals surface area contributed by atoms with E-state index in [1.807, 2.05) is 19.1 Å². The van der Waals surface area contributed by atoms with Crippen molar-refractivity contribution in [2.45, 2.75) is 19.4 Å². The lowest BCUT2D eigenvalue weighted by molar-refractivity contribution is 0.706. The molecule has 0 saturated carbocycles. The first-order chi connectivity index (χ1) is 8.43. The summed E-state index contributed by atoms with van der Waals surface area (Å²) in [5.41, 5.74) is 6.76. The summed E-state index contributed by atoms with van der Waals surface area (Å²) in [7, 11) is 3.16. The highest BCUT2D eigenvalue weighted by Crippen LogP contribution is 2.14. The summed E-state index contributed by atoms with van der Waals surface area (Å²) >= 11 is 0. The van der Waals surface area contributed by atoms with Crippen LogP contribution in [0.25, 0.3) is 10.9 Å². The van der Waals surface area contributed by atoms with Gasteiger partial charge in [0.2, 0.25) is 0 Å². The Balaban J connectivity index is 2.93. The molecule has 1 aromatic carbocycles. The van der Waals surface area contributed by atoms with E-state index < -0.39 is 0 Å². The number of nitrogens with two attached hydrogens (primary N) is 1. The van der Waals surface area contributed by atoms with Gasteiger partial charge in [-0.1, -0.05) is 12.1 Å². The van der Waals surface area contributed by atoms with Crippen molar-refractivity contribution in [2.75, 3.05) is 0 Å². The van der Waals surface area contributed by atoms with Gasteiger partial charge in [-0.15, -0.1) is 0 Å². The van der Waals surface area contributed by atoms with Crippen LogP contribution in [0.5, 0.6) is 0 Å². The van der Waals surface area contributed by atoms with Crippen molar-refractivity contribution < 1.29 is 0 Å². The summed E-state index contributed by atoms with van der Waals surface area (Å²) in [5, 5.41) is 0.583. The third-order valence-corrected chi connectivity index (χ3v) is 3.12. The van der Waals surface area contributed by atoms with Crippen molar-refractivity contribution >= 4 is 10.9 Å². The van der Waals surface area contributed by atoms with E-state index in [4.69, 9.17) is 5.73 Å². The second-order valence-corrected chi connectivity index (χ2v) is 4.70. The largest absolute Gasteiger partial charge is 0.330 e. The van der Waals surface area contributed by atoms with Gasteiger partial charge in [0.15, 0.2) is 0 Å². The van der Waals surface area contributed by atoms with E-state index in [0.717, 1.165) is 10.1 Å². The minimum absolute atomic E-state index is 0.0301. The second-order valence-electron chi connectivity index (χ2n) is 4.70. The number of aromatic nitrogens is 2. The topological polar surface area (TPSA) is 70.0 Å². The van der Waals surface area contributed by atoms with Crippen LogP contribution in [-0.2, 0) is 20.5 Å². The maximum Gasteiger partial charge on any atom is 0.330 e. The van der Waals surface area contributed by atoms with Gasteiger partial charge in [-0.05, 0) is 25.0 Å². The van der Waals surface area contributed by atoms with Crippen LogP contribution in [0.3, 0.4) is 0 Å². The smallest absolute Gasteiger partial charge is 0.328 e. The van der Waals surface area contributed by atoms with Crippen molar-refractivity contribution in [1.82, 2.24) is 9.13 Å². The summed E-state index contributed by atoms with van der Waals surface area (Å²) in [6.45, 7) is 1.89. The SMILES string of the molecule is CC(N)Cc1cccc2c1c(=O)n(C)c(=O)n2C. The molecule has 0 saturated heterocycles. The van der Waals surface area contributed by atoms with Crippen LogP contribution >= 0.6 is 0 Å². The molecular weight excluding hydrogens is 230 g/mol. The van der Waals surface area contributed by atoms with Gasteiger partial charge >= 0.3 is 5.69 Å². The summed E-state index contributed by atoms with van der Waals surface area (Å²) < 4.78 is 2.62. The van der Waals surface area contributed by atoms with Crippen LogP contribution in [-0.4, -0.2) is 15.2 Å². The number of hydrogen-bond donors (Lipinski definition) is 1. The minimum Gasteiger partial charge on any atom is -0.328 e. The number of fused-ring (bicyclic) bond motifs is 1. The molecule has 1 aromatic heterocycles. The van der Waals surface area contributed by atoms with E-state index in [2.05, 4.69) is 0 Å². The van der Waals surface area contributed by atoms with Crippen LogP contribution in [0.1, 0.15) is 12.5 Å². The molecule has 1 atom stereocenters. The fraction of sp³-hybridized carbons (Fsp3) is 0.385. The van der Waals surface area contributed by atoms with Crippen LogP contribution in [0.15, 0.2) is 27.8 Å². The van der Waals surface area contributed by atoms with Gasteiger partial charge in [0.1, 0.15) is 0 Å². The van der Waals surface area contributed by atoms with E-state index in [-0.39, 0.29) is 17.3 Å². The van der Waals surface area contributed by atoms with Gasteiger partial charge in [0.05, 0.1) is 10.9 Å². The number of hydrogen-bond acceptors (Lipinski definition) is 3. The molecule has 0 spiro atoms. The molecule has 0 amide bonds. The summed E-state index contributed by atoms with van der Waals surface area (Å²) in [5.74, 6) is 0. The highest BCUT2D eigenvalue weighted by atomic mass is 16.2. The van der Waals surface area contributed by atoms with Gasteiger partial charge in [0, 0.05) is 20.1 Å². The van der Waals surface area contributed by atoms with Crippen LogP contribution < -0.4 is 17.0 Å². The zero-order valence-corrected chi connectivity index (χ0v) is 10.8. The van der Waals surface area contributed by atoms with Crippen molar-refractivity contribution in [2.24, 2.45) is 19.8 Å². The fourth-order valence-corrected chi connectivity index (χ4v) is 2.21. The molecule has 0 bridgehead atoms. The molecule has 1 unspecified atom stereocenters. The molecule has 0 fully saturated rings. The zero-order chi connectivity index (χ0) is 13.4. The average molecular weight is 247 g/mol. The molecule has 2 rings (SSSR count). The number of rotatable bonds is 2. The van der Waals surface area contributed by atoms with Crippen molar-refractivity contribution in [3.8, 4) is 0 Å². The van der Waals surface area contributed by atoms with Gasteiger partial charge in [-0.25, -0.2) is 4.79 Å². The predicted molar refractivity (Wildman–Crippen MR) is 71.8 cm³/mol. The molecule has 2 N–H and O–H groups in total. The third kappa shape index (κ3) is 1.86. The lowest BCUT2D eigenvalue weighted by atomic mass is 10.0. The Morgan fingerprint density at radius 2 is 1.89 bits per heavy atom. The van der Waals surface area contributed by atoms with E-state index >= 15 is 0 Å². The number of aryl methyl sites for hydroxylation is 1. The first-order valence-corrected chi connectivity index (χ1v) is 5.86. The zero-order valence-electron chi connectivity index (χ0n) is 10.8. The van der Waals surface area contributed by atoms with Gasteiger partial charge in [-0.3, -0.25) is 13.9 Å². The molecule has 5 nitrogen and oxygen atoms in total. The lowest BCUT2D eigenvalue weighted by Gasteiger charge is -2.12. The molecule has 18 heavy (non-hydrogen) atoms. The first kappa shape index (κ1) is 12.6. The van der Waals surface area contributed by atoms with Gasteiger partial charge in [0.25, 0.3) is 5.56 Å². The Hall–Kier alpha value is -1.88. The normalized spacial score (nSPS) is 12.9. The van der Waals surface area contributed by atoms with Gasteiger partial charge in [-0.2, -0.15) is 0 Å². The third-order valence-electron chi connectivity index (χ3n) is 3.12. The summed E-state index contributed by atoms with van der Waals surface area (Å²) in [4.78, 5) is 24.1. The maximum atomic E-state index is 12.2. The molecule has 0 aliphatic heterocycles. The first-order valence-electron chi connectivity index (χ1n) is 5.86. The monoisotopic (exact) mass is 247 g/mol. The van der Waals surface area contributed by atoms with E-state index in [9.17, 15) is 9.59 Å². The molecule has 2 aromatic rings. The van der Waals surface area contributed by atoms with Crippen molar-refractivity contribution in [1.29, 1.82) is 0 Å². The molecule has 96 valence electrons. The second kappa shape index (κ2) is 4.42. The highest BCUT2D eigenvalue weighted by Gasteiger charge is 2.12. The maximum absolute atomic E-state index is 12.2. The Labute approximate surface area is 104 Å². The molecule has 1 heterocycles. The molecule has 5 heteroatoms. The summed E-state index contributed by atoms with van der Waals surface area (Å²) in [6, 6.07) is 5.48. The Bertz CT molecular complexity index is 710. The number of nitrogens with zero attached hydrogens (tertiary/aromatic N) is 2. The molecule has 0 aliphatic carbocycles. The van der Waals surface area contributed by atoms with E-state index in [0.29, 0.717) is 17.3 Å². The van der Waals surface area contributed by atoms with Crippen molar-refractivity contribution in [3.63, 3.8) is 0 Å². The van der Waals surface area contributed by atoms with Gasteiger partial charge < -0.3 is 5.73 Å². The fourth-order valence-electron chi connectivity index (χ4n) is 2.21. The summed E-state index contributed by atoms with van der Waals surface area (Å²) in [6.07, 6.45) is 0.616. The standard InChI is InChI=1S/C13H17N3O2/c1-8(14)7-9-5-4-6-10-11(9)12(17)16(3)13(18)15(10)2/h4-6,8H,7,14H2,1-3H3. The highest BCUT2D eigenvalue weighted by molar-refractivity contribution is 5.81. The minimum atomic E-state index is -0.314. The molecular formula is C13H17N3O2. The Morgan fingerprint density at radius 3 is 2.50 bits per heavy atom. The van der Waals surface area contributed by atoms with Crippen LogP contribution in [0.4, 0.5) is 0 Å². The predicted octanol–water partition coefficient (Wildman–Crippen LogP) is 0.127. The molecule has 0 radical (unpaired) electrons. The van der Waals surface area contributed by atoms with Crippen molar-refractivity contribution in [3.05, 3.63) is 44.6 Å². The Kier molecular flexibility index (Phi) is 3.09. The van der Waals surface area contributed by atoms with E-state index in [1.54, 1.807) is 13.1 Å². The van der Waals surface area contributed by atoms with E-state index in [1.165, 1.54) is 11.6 Å². The lowest BCUT2D eigenvalue weighted by Crippen LogP contribution is -2.37. The van der Waals surface area contributed by atoms with Crippen LogP contribution in [0.2, 0.25) is 0 Å². The number of benzene rings is 1. The molecule has 0 aliphatic rings. The van der Waals surface area contributed by atoms with Crippen LogP contribution in [0, 0.1) is 0 Å². The Morgan fingerprint density at radius 1 is 1.22 bits per heavy atom. The average Bonchev–Trinajstić information content (AvgIpc) is 2.32.